The molecular formula is C13H13FN4O3. The van der Waals surface area contributed by atoms with Crippen molar-refractivity contribution in [1.82, 2.24) is 15.2 Å². The first-order valence-corrected chi connectivity index (χ1v) is 6.26. The Morgan fingerprint density at radius 3 is 2.86 bits per heavy atom. The SMILES string of the molecule is CCCc1nc(C(=O)Nc2cc(F)ccc2C(=O)O)n[nH]1. The minimum atomic E-state index is -1.27. The predicted molar refractivity (Wildman–Crippen MR) is 71.7 cm³/mol. The molecule has 0 atom stereocenters. The molecule has 110 valence electrons. The average Bonchev–Trinajstić information content (AvgIpc) is 2.87. The molecule has 0 saturated heterocycles. The normalized spacial score (nSPS) is 10.4. The van der Waals surface area contributed by atoms with Gasteiger partial charge in [0, 0.05) is 6.42 Å². The number of aromatic carboxylic acids is 1. The van der Waals surface area contributed by atoms with Gasteiger partial charge in [-0.15, -0.1) is 5.10 Å². The molecule has 0 aliphatic rings. The third kappa shape index (κ3) is 3.41. The van der Waals surface area contributed by atoms with Crippen molar-refractivity contribution in [3.8, 4) is 0 Å². The highest BCUT2D eigenvalue weighted by Gasteiger charge is 2.17. The number of nitrogens with zero attached hydrogens (tertiary/aromatic N) is 2. The lowest BCUT2D eigenvalue weighted by atomic mass is 10.1. The molecule has 21 heavy (non-hydrogen) atoms. The number of benzene rings is 1. The molecule has 0 saturated carbocycles. The summed E-state index contributed by atoms with van der Waals surface area (Å²) < 4.78 is 13.2. The Balaban J connectivity index is 2.22. The lowest BCUT2D eigenvalue weighted by Crippen LogP contribution is -2.16. The summed E-state index contributed by atoms with van der Waals surface area (Å²) in [5, 5.41) is 17.7. The Hall–Kier alpha value is -2.77. The van der Waals surface area contributed by atoms with E-state index in [9.17, 15) is 14.0 Å². The van der Waals surface area contributed by atoms with Gasteiger partial charge in [-0.1, -0.05) is 6.92 Å². The Bertz CT molecular complexity index is 684. The first kappa shape index (κ1) is 14.6. The molecule has 0 fully saturated rings. The second kappa shape index (κ2) is 6.12. The first-order valence-electron chi connectivity index (χ1n) is 6.26. The van der Waals surface area contributed by atoms with Gasteiger partial charge in [0.25, 0.3) is 5.91 Å². The summed E-state index contributed by atoms with van der Waals surface area (Å²) in [6, 6.07) is 3.01. The fourth-order valence-corrected chi connectivity index (χ4v) is 1.73. The zero-order chi connectivity index (χ0) is 15.4. The van der Waals surface area contributed by atoms with Crippen LogP contribution in [0.5, 0.6) is 0 Å². The molecule has 0 aliphatic heterocycles. The van der Waals surface area contributed by atoms with Crippen LogP contribution in [-0.4, -0.2) is 32.2 Å². The summed E-state index contributed by atoms with van der Waals surface area (Å²) in [6.07, 6.45) is 1.48. The largest absolute Gasteiger partial charge is 0.478 e. The Labute approximate surface area is 119 Å². The summed E-state index contributed by atoms with van der Waals surface area (Å²) in [5.74, 6) is -2.20. The standard InChI is InChI=1S/C13H13FN4O3/c1-2-3-10-16-11(18-17-10)12(19)15-9-6-7(14)4-5-8(9)13(20)21/h4-6H,2-3H2,1H3,(H,15,19)(H,20,21)(H,16,17,18). The third-order valence-electron chi connectivity index (χ3n) is 2.68. The number of carbonyl (C=O) groups is 2. The van der Waals surface area contributed by atoms with Gasteiger partial charge in [-0.2, -0.15) is 0 Å². The number of aromatic nitrogens is 3. The number of halogens is 1. The first-order chi connectivity index (χ1) is 10.0. The summed E-state index contributed by atoms with van der Waals surface area (Å²) in [6.45, 7) is 1.95. The lowest BCUT2D eigenvalue weighted by molar-refractivity contribution is 0.0698. The number of carboxylic acid groups (broad SMARTS) is 1. The second-order valence-corrected chi connectivity index (χ2v) is 4.30. The maximum atomic E-state index is 13.2. The van der Waals surface area contributed by atoms with E-state index >= 15 is 0 Å². The summed E-state index contributed by atoms with van der Waals surface area (Å²) in [4.78, 5) is 26.9. The Morgan fingerprint density at radius 1 is 1.43 bits per heavy atom. The van der Waals surface area contributed by atoms with Gasteiger partial charge in [-0.3, -0.25) is 9.89 Å². The van der Waals surface area contributed by atoms with Crippen molar-refractivity contribution in [3.05, 3.63) is 41.2 Å². The summed E-state index contributed by atoms with van der Waals surface area (Å²) in [5.41, 5.74) is -0.358. The maximum Gasteiger partial charge on any atom is 0.337 e. The van der Waals surface area contributed by atoms with Crippen LogP contribution in [0.4, 0.5) is 10.1 Å². The molecule has 1 aromatic carbocycles. The van der Waals surface area contributed by atoms with Gasteiger partial charge in [-0.25, -0.2) is 14.2 Å². The highest BCUT2D eigenvalue weighted by molar-refractivity contribution is 6.05. The van der Waals surface area contributed by atoms with Crippen molar-refractivity contribution in [2.24, 2.45) is 0 Å². The third-order valence-corrected chi connectivity index (χ3v) is 2.68. The number of carboxylic acids is 1. The highest BCUT2D eigenvalue weighted by atomic mass is 19.1. The van der Waals surface area contributed by atoms with Crippen LogP contribution < -0.4 is 5.32 Å². The average molecular weight is 292 g/mol. The van der Waals surface area contributed by atoms with E-state index in [0.717, 1.165) is 24.6 Å². The number of aromatic amines is 1. The number of hydrogen-bond donors (Lipinski definition) is 3. The molecule has 1 aromatic heterocycles. The number of amides is 1. The smallest absolute Gasteiger partial charge is 0.337 e. The van der Waals surface area contributed by atoms with Crippen molar-refractivity contribution in [3.63, 3.8) is 0 Å². The number of H-pyrrole nitrogens is 1. The minimum absolute atomic E-state index is 0.126. The molecule has 1 heterocycles. The van der Waals surface area contributed by atoms with Crippen molar-refractivity contribution >= 4 is 17.6 Å². The van der Waals surface area contributed by atoms with Crippen LogP contribution in [0.15, 0.2) is 18.2 Å². The molecule has 0 unspecified atom stereocenters. The van der Waals surface area contributed by atoms with Gasteiger partial charge < -0.3 is 10.4 Å². The van der Waals surface area contributed by atoms with E-state index in [4.69, 9.17) is 5.11 Å². The van der Waals surface area contributed by atoms with Gasteiger partial charge in [0.05, 0.1) is 11.3 Å². The van der Waals surface area contributed by atoms with Crippen LogP contribution >= 0.6 is 0 Å². The number of rotatable bonds is 5. The summed E-state index contributed by atoms with van der Waals surface area (Å²) in [7, 11) is 0. The maximum absolute atomic E-state index is 13.2. The Morgan fingerprint density at radius 2 is 2.19 bits per heavy atom. The van der Waals surface area contributed by atoms with Crippen molar-refractivity contribution in [2.75, 3.05) is 5.32 Å². The van der Waals surface area contributed by atoms with E-state index in [1.807, 2.05) is 6.92 Å². The van der Waals surface area contributed by atoms with E-state index in [1.54, 1.807) is 0 Å². The number of hydrogen-bond acceptors (Lipinski definition) is 4. The lowest BCUT2D eigenvalue weighted by Gasteiger charge is -2.06. The molecule has 3 N–H and O–H groups in total. The Kier molecular flexibility index (Phi) is 4.27. The zero-order valence-corrected chi connectivity index (χ0v) is 11.2. The number of anilines is 1. The van der Waals surface area contributed by atoms with E-state index < -0.39 is 17.7 Å². The van der Waals surface area contributed by atoms with E-state index in [-0.39, 0.29) is 17.1 Å². The molecule has 0 radical (unpaired) electrons. The van der Waals surface area contributed by atoms with Crippen molar-refractivity contribution in [2.45, 2.75) is 19.8 Å². The molecular weight excluding hydrogens is 279 g/mol. The fourth-order valence-electron chi connectivity index (χ4n) is 1.73. The minimum Gasteiger partial charge on any atom is -0.478 e. The molecule has 0 spiro atoms. The van der Waals surface area contributed by atoms with Gasteiger partial charge in [0.2, 0.25) is 5.82 Å². The van der Waals surface area contributed by atoms with Crippen LogP contribution in [0.25, 0.3) is 0 Å². The molecule has 1 amide bonds. The monoisotopic (exact) mass is 292 g/mol. The fraction of sp³-hybridized carbons (Fsp3) is 0.231. The van der Waals surface area contributed by atoms with Crippen molar-refractivity contribution < 1.29 is 19.1 Å². The molecule has 7 nitrogen and oxygen atoms in total. The van der Waals surface area contributed by atoms with Crippen LogP contribution in [-0.2, 0) is 6.42 Å². The van der Waals surface area contributed by atoms with Gasteiger partial charge in [-0.05, 0) is 24.6 Å². The summed E-state index contributed by atoms with van der Waals surface area (Å²) >= 11 is 0. The van der Waals surface area contributed by atoms with Gasteiger partial charge in [0.1, 0.15) is 11.6 Å². The highest BCUT2D eigenvalue weighted by Crippen LogP contribution is 2.18. The van der Waals surface area contributed by atoms with Crippen LogP contribution in [0, 0.1) is 5.82 Å². The zero-order valence-electron chi connectivity index (χ0n) is 11.2. The van der Waals surface area contributed by atoms with E-state index in [1.165, 1.54) is 0 Å². The van der Waals surface area contributed by atoms with Gasteiger partial charge >= 0.3 is 5.97 Å². The van der Waals surface area contributed by atoms with Crippen LogP contribution in [0.2, 0.25) is 0 Å². The number of carbonyl (C=O) groups excluding carboxylic acids is 1. The predicted octanol–water partition coefficient (Wildman–Crippen LogP) is 1.85. The molecule has 2 aromatic rings. The number of nitrogens with one attached hydrogen (secondary N) is 2. The molecule has 0 bridgehead atoms. The van der Waals surface area contributed by atoms with E-state index in [0.29, 0.717) is 12.2 Å². The number of aryl methyl sites for hydroxylation is 1. The van der Waals surface area contributed by atoms with Crippen LogP contribution in [0.1, 0.15) is 40.1 Å². The quantitative estimate of drug-likeness (QED) is 0.779. The van der Waals surface area contributed by atoms with Crippen LogP contribution in [0.3, 0.4) is 0 Å². The molecule has 0 aliphatic carbocycles. The topological polar surface area (TPSA) is 108 Å². The molecule has 2 rings (SSSR count). The second-order valence-electron chi connectivity index (χ2n) is 4.30. The van der Waals surface area contributed by atoms with E-state index in [2.05, 4.69) is 20.5 Å². The van der Waals surface area contributed by atoms with Crippen molar-refractivity contribution in [1.29, 1.82) is 0 Å². The molecule has 8 heteroatoms. The van der Waals surface area contributed by atoms with Gasteiger partial charge in [0.15, 0.2) is 0 Å².